The maximum atomic E-state index is 13.2. The molecule has 0 N–H and O–H groups in total. The predicted octanol–water partition coefficient (Wildman–Crippen LogP) is 8.47. The van der Waals surface area contributed by atoms with Gasteiger partial charge in [-0.3, -0.25) is 14.5 Å². The van der Waals surface area contributed by atoms with Crippen LogP contribution in [0.5, 0.6) is 11.5 Å². The minimum atomic E-state index is -0.315. The van der Waals surface area contributed by atoms with E-state index in [9.17, 15) is 9.59 Å². The number of benzene rings is 4. The number of carbonyl (C=O) groups is 2. The third-order valence-corrected chi connectivity index (χ3v) is 7.76. The van der Waals surface area contributed by atoms with E-state index in [1.54, 1.807) is 6.08 Å². The highest BCUT2D eigenvalue weighted by molar-refractivity contribution is 9.10. The van der Waals surface area contributed by atoms with Crippen molar-refractivity contribution in [3.05, 3.63) is 110 Å². The molecule has 5 rings (SSSR count). The highest BCUT2D eigenvalue weighted by Crippen LogP contribution is 2.40. The molecule has 0 radical (unpaired) electrons. The summed E-state index contributed by atoms with van der Waals surface area (Å²) in [6, 6.07) is 24.9. The Bertz CT molecular complexity index is 1550. The van der Waals surface area contributed by atoms with Gasteiger partial charge in [-0.25, -0.2) is 0 Å². The Morgan fingerprint density at radius 3 is 2.53 bits per heavy atom. The molecule has 38 heavy (non-hydrogen) atoms. The van der Waals surface area contributed by atoms with Crippen molar-refractivity contribution in [2.24, 2.45) is 0 Å². The average Bonchev–Trinajstić information content (AvgIpc) is 3.17. The third kappa shape index (κ3) is 5.75. The molecule has 1 aliphatic rings. The minimum Gasteiger partial charge on any atom is -0.490 e. The minimum absolute atomic E-state index is 0.217. The van der Waals surface area contributed by atoms with Gasteiger partial charge < -0.3 is 9.47 Å². The van der Waals surface area contributed by atoms with Gasteiger partial charge in [0, 0.05) is 5.02 Å². The SMILES string of the molecule is CCOc1cc(/C=C2/SC(=O)N(Cc3cccc4ccccc34)C2=O)cc(Br)c1OCc1ccc(Cl)cc1. The van der Waals surface area contributed by atoms with Gasteiger partial charge >= 0.3 is 0 Å². The molecule has 0 spiro atoms. The lowest BCUT2D eigenvalue weighted by Crippen LogP contribution is -2.27. The van der Waals surface area contributed by atoms with E-state index < -0.39 is 0 Å². The van der Waals surface area contributed by atoms with Gasteiger partial charge in [0.05, 0.1) is 22.5 Å². The van der Waals surface area contributed by atoms with Crippen molar-refractivity contribution in [2.45, 2.75) is 20.1 Å². The van der Waals surface area contributed by atoms with E-state index in [0.717, 1.165) is 39.2 Å². The molecule has 0 atom stereocenters. The Balaban J connectivity index is 1.38. The Hall–Kier alpha value is -3.26. The van der Waals surface area contributed by atoms with Gasteiger partial charge in [-0.05, 0) is 92.4 Å². The molecule has 0 aliphatic carbocycles. The van der Waals surface area contributed by atoms with Crippen molar-refractivity contribution in [1.29, 1.82) is 0 Å². The molecule has 4 aromatic carbocycles. The van der Waals surface area contributed by atoms with Crippen LogP contribution in [0.1, 0.15) is 23.6 Å². The maximum absolute atomic E-state index is 13.2. The summed E-state index contributed by atoms with van der Waals surface area (Å²) in [4.78, 5) is 27.7. The van der Waals surface area contributed by atoms with Crippen molar-refractivity contribution < 1.29 is 19.1 Å². The Morgan fingerprint density at radius 2 is 1.74 bits per heavy atom. The summed E-state index contributed by atoms with van der Waals surface area (Å²) >= 11 is 10.5. The molecule has 0 unspecified atom stereocenters. The lowest BCUT2D eigenvalue weighted by atomic mass is 10.0. The quantitative estimate of drug-likeness (QED) is 0.188. The summed E-state index contributed by atoms with van der Waals surface area (Å²) in [6.07, 6.45) is 1.71. The van der Waals surface area contributed by atoms with Gasteiger partial charge in [0.15, 0.2) is 11.5 Å². The number of imide groups is 1. The molecule has 1 aliphatic heterocycles. The Morgan fingerprint density at radius 1 is 0.974 bits per heavy atom. The number of amides is 2. The standard InChI is InChI=1S/C30H23BrClNO4S/c1-2-36-26-15-20(14-25(31)28(26)37-18-19-10-12-23(32)13-11-19)16-27-29(34)33(30(35)38-27)17-22-8-5-7-21-6-3-4-9-24(21)22/h3-16H,2,17-18H2,1H3/b27-16+. The van der Waals surface area contributed by atoms with Crippen LogP contribution in [-0.4, -0.2) is 22.7 Å². The van der Waals surface area contributed by atoms with Gasteiger partial charge in [-0.15, -0.1) is 0 Å². The van der Waals surface area contributed by atoms with Crippen molar-refractivity contribution in [3.63, 3.8) is 0 Å². The van der Waals surface area contributed by atoms with Crippen molar-refractivity contribution >= 4 is 67.3 Å². The van der Waals surface area contributed by atoms with E-state index >= 15 is 0 Å². The number of ether oxygens (including phenoxy) is 2. The van der Waals surface area contributed by atoms with E-state index in [4.69, 9.17) is 21.1 Å². The van der Waals surface area contributed by atoms with Gasteiger partial charge in [0.1, 0.15) is 6.61 Å². The van der Waals surface area contributed by atoms with Crippen LogP contribution in [0.2, 0.25) is 5.02 Å². The lowest BCUT2D eigenvalue weighted by molar-refractivity contribution is -0.123. The fourth-order valence-electron chi connectivity index (χ4n) is 4.20. The van der Waals surface area contributed by atoms with Crippen LogP contribution in [0.15, 0.2) is 88.2 Å². The summed E-state index contributed by atoms with van der Waals surface area (Å²) in [6.45, 7) is 2.88. The Kier molecular flexibility index (Phi) is 8.07. The van der Waals surface area contributed by atoms with Crippen LogP contribution in [0.3, 0.4) is 0 Å². The summed E-state index contributed by atoms with van der Waals surface area (Å²) in [5, 5.41) is 2.47. The number of hydrogen-bond acceptors (Lipinski definition) is 5. The van der Waals surface area contributed by atoms with Crippen molar-refractivity contribution in [1.82, 2.24) is 4.90 Å². The average molecular weight is 609 g/mol. The number of halogens is 2. The topological polar surface area (TPSA) is 55.8 Å². The third-order valence-electron chi connectivity index (χ3n) is 6.01. The molecule has 192 valence electrons. The molecular formula is C30H23BrClNO4S. The van der Waals surface area contributed by atoms with Crippen LogP contribution in [-0.2, 0) is 17.9 Å². The van der Waals surface area contributed by atoms with E-state index in [0.29, 0.717) is 39.1 Å². The first-order chi connectivity index (χ1) is 18.4. The number of hydrogen-bond donors (Lipinski definition) is 0. The summed E-state index contributed by atoms with van der Waals surface area (Å²) < 4.78 is 12.6. The summed E-state index contributed by atoms with van der Waals surface area (Å²) in [5.41, 5.74) is 2.61. The van der Waals surface area contributed by atoms with Crippen molar-refractivity contribution in [2.75, 3.05) is 6.61 Å². The second-order valence-corrected chi connectivity index (χ2v) is 10.9. The number of nitrogens with zero attached hydrogens (tertiary/aromatic N) is 1. The van der Waals surface area contributed by atoms with Crippen LogP contribution >= 0.6 is 39.3 Å². The zero-order valence-electron chi connectivity index (χ0n) is 20.4. The number of carbonyl (C=O) groups excluding carboxylic acids is 2. The maximum Gasteiger partial charge on any atom is 0.293 e. The molecule has 0 saturated carbocycles. The summed E-state index contributed by atoms with van der Waals surface area (Å²) in [5.74, 6) is 0.783. The second kappa shape index (κ2) is 11.6. The molecule has 0 aromatic heterocycles. The van der Waals surface area contributed by atoms with Gasteiger partial charge in [0.2, 0.25) is 0 Å². The zero-order valence-corrected chi connectivity index (χ0v) is 23.6. The molecule has 1 fully saturated rings. The van der Waals surface area contributed by atoms with Crippen LogP contribution in [0, 0.1) is 0 Å². The molecule has 8 heteroatoms. The fraction of sp³-hybridized carbons (Fsp3) is 0.133. The number of rotatable bonds is 8. The van der Waals surface area contributed by atoms with Gasteiger partial charge in [-0.1, -0.05) is 66.2 Å². The zero-order chi connectivity index (χ0) is 26.6. The largest absolute Gasteiger partial charge is 0.490 e. The fourth-order valence-corrected chi connectivity index (χ4v) is 5.74. The first-order valence-electron chi connectivity index (χ1n) is 12.0. The van der Waals surface area contributed by atoms with Gasteiger partial charge in [-0.2, -0.15) is 0 Å². The first-order valence-corrected chi connectivity index (χ1v) is 14.0. The Labute approximate surface area is 238 Å². The first kappa shape index (κ1) is 26.4. The predicted molar refractivity (Wildman–Crippen MR) is 157 cm³/mol. The van der Waals surface area contributed by atoms with E-state index in [1.165, 1.54) is 4.90 Å². The molecule has 5 nitrogen and oxygen atoms in total. The molecule has 1 saturated heterocycles. The second-order valence-electron chi connectivity index (χ2n) is 8.58. The van der Waals surface area contributed by atoms with Crippen molar-refractivity contribution in [3.8, 4) is 11.5 Å². The van der Waals surface area contributed by atoms with Crippen LogP contribution in [0.4, 0.5) is 4.79 Å². The smallest absolute Gasteiger partial charge is 0.293 e. The van der Waals surface area contributed by atoms with E-state index in [1.807, 2.05) is 85.8 Å². The van der Waals surface area contributed by atoms with Gasteiger partial charge in [0.25, 0.3) is 11.1 Å². The highest BCUT2D eigenvalue weighted by Gasteiger charge is 2.35. The molecule has 4 aromatic rings. The molecule has 1 heterocycles. The van der Waals surface area contributed by atoms with E-state index in [2.05, 4.69) is 15.9 Å². The van der Waals surface area contributed by atoms with Crippen LogP contribution < -0.4 is 9.47 Å². The highest BCUT2D eigenvalue weighted by atomic mass is 79.9. The normalized spacial score (nSPS) is 14.5. The lowest BCUT2D eigenvalue weighted by Gasteiger charge is -2.15. The van der Waals surface area contributed by atoms with Crippen LogP contribution in [0.25, 0.3) is 16.8 Å². The number of thioether (sulfide) groups is 1. The number of fused-ring (bicyclic) bond motifs is 1. The monoisotopic (exact) mass is 607 g/mol. The molecule has 0 bridgehead atoms. The molecule has 2 amide bonds. The summed E-state index contributed by atoms with van der Waals surface area (Å²) in [7, 11) is 0. The van der Waals surface area contributed by atoms with E-state index in [-0.39, 0.29) is 17.7 Å². The molecular weight excluding hydrogens is 586 g/mol.